The van der Waals surface area contributed by atoms with Gasteiger partial charge in [0.25, 0.3) is 0 Å². The average Bonchev–Trinajstić information content (AvgIpc) is 2.61. The van der Waals surface area contributed by atoms with Crippen molar-refractivity contribution in [1.29, 1.82) is 0 Å². The van der Waals surface area contributed by atoms with Gasteiger partial charge in [-0.15, -0.1) is 0 Å². The van der Waals surface area contributed by atoms with E-state index in [9.17, 15) is 13.2 Å². The molecule has 6 heteroatoms. The van der Waals surface area contributed by atoms with Crippen LogP contribution < -0.4 is 4.72 Å². The summed E-state index contributed by atoms with van der Waals surface area (Å²) in [6.45, 7) is 5.23. The molecule has 2 atom stereocenters. The lowest BCUT2D eigenvalue weighted by Gasteiger charge is -2.24. The second-order valence-corrected chi connectivity index (χ2v) is 7.77. The van der Waals surface area contributed by atoms with Crippen molar-refractivity contribution in [1.82, 2.24) is 4.72 Å². The molecule has 0 amide bonds. The minimum atomic E-state index is -3.81. The Hall–Kier alpha value is -2.18. The first-order valence-electron chi connectivity index (χ1n) is 7.98. The Morgan fingerprint density at radius 3 is 2.32 bits per heavy atom. The fourth-order valence-electron chi connectivity index (χ4n) is 2.67. The molecule has 0 aliphatic heterocycles. The molecule has 0 spiro atoms. The van der Waals surface area contributed by atoms with Crippen LogP contribution in [0.25, 0.3) is 0 Å². The highest BCUT2D eigenvalue weighted by Crippen LogP contribution is 2.26. The van der Waals surface area contributed by atoms with Crippen LogP contribution in [0.15, 0.2) is 53.4 Å². The maximum absolute atomic E-state index is 12.9. The predicted molar refractivity (Wildman–Crippen MR) is 96.6 cm³/mol. The summed E-state index contributed by atoms with van der Waals surface area (Å²) >= 11 is 0. The number of sulfonamides is 1. The van der Waals surface area contributed by atoms with Gasteiger partial charge in [-0.1, -0.05) is 49.4 Å². The zero-order chi connectivity index (χ0) is 18.6. The molecule has 1 N–H and O–H groups in total. The van der Waals surface area contributed by atoms with Gasteiger partial charge in [0.2, 0.25) is 10.0 Å². The van der Waals surface area contributed by atoms with Gasteiger partial charge in [0.1, 0.15) is 0 Å². The molecule has 25 heavy (non-hydrogen) atoms. The van der Waals surface area contributed by atoms with Crippen LogP contribution in [0.2, 0.25) is 0 Å². The monoisotopic (exact) mass is 361 g/mol. The number of carbonyl (C=O) groups is 1. The summed E-state index contributed by atoms with van der Waals surface area (Å²) < 4.78 is 33.4. The number of rotatable bonds is 6. The van der Waals surface area contributed by atoms with E-state index in [0.29, 0.717) is 11.1 Å². The Bertz CT molecular complexity index is 847. The van der Waals surface area contributed by atoms with Gasteiger partial charge in [0, 0.05) is 0 Å². The van der Waals surface area contributed by atoms with Gasteiger partial charge in [-0.25, -0.2) is 13.1 Å². The van der Waals surface area contributed by atoms with Crippen molar-refractivity contribution in [3.8, 4) is 0 Å². The zero-order valence-corrected chi connectivity index (χ0v) is 15.6. The Morgan fingerprint density at radius 2 is 1.72 bits per heavy atom. The molecule has 0 aliphatic rings. The van der Waals surface area contributed by atoms with E-state index in [0.717, 1.165) is 5.56 Å². The Morgan fingerprint density at radius 1 is 1.08 bits per heavy atom. The van der Waals surface area contributed by atoms with Crippen molar-refractivity contribution in [2.75, 3.05) is 7.11 Å². The average molecular weight is 361 g/mol. The fraction of sp³-hybridized carbons (Fsp3) is 0.316. The van der Waals surface area contributed by atoms with Gasteiger partial charge in [-0.3, -0.25) is 4.79 Å². The van der Waals surface area contributed by atoms with Crippen LogP contribution in [0.3, 0.4) is 0 Å². The molecule has 2 aromatic carbocycles. The maximum atomic E-state index is 12.9. The molecule has 0 fully saturated rings. The van der Waals surface area contributed by atoms with E-state index >= 15 is 0 Å². The first-order valence-corrected chi connectivity index (χ1v) is 9.47. The largest absolute Gasteiger partial charge is 0.469 e. The number of hydrogen-bond donors (Lipinski definition) is 1. The third-order valence-corrected chi connectivity index (χ3v) is 5.73. The molecule has 0 aromatic heterocycles. The van der Waals surface area contributed by atoms with E-state index in [1.54, 1.807) is 50.2 Å². The molecule has 0 heterocycles. The number of methoxy groups -OCH3 is 1. The number of ether oxygens (including phenoxy) is 1. The van der Waals surface area contributed by atoms with E-state index in [-0.39, 0.29) is 4.90 Å². The van der Waals surface area contributed by atoms with Crippen LogP contribution in [0.4, 0.5) is 0 Å². The molecule has 2 rings (SSSR count). The third-order valence-electron chi connectivity index (χ3n) is 4.15. The first kappa shape index (κ1) is 19.1. The number of esters is 1. The Labute approximate surface area is 149 Å². The van der Waals surface area contributed by atoms with E-state index in [1.165, 1.54) is 7.11 Å². The molecule has 0 saturated carbocycles. The van der Waals surface area contributed by atoms with Crippen LogP contribution >= 0.6 is 0 Å². The van der Waals surface area contributed by atoms with Crippen molar-refractivity contribution in [3.63, 3.8) is 0 Å². The fourth-order valence-corrected chi connectivity index (χ4v) is 4.30. The maximum Gasteiger partial charge on any atom is 0.310 e. The quantitative estimate of drug-likeness (QED) is 0.803. The summed E-state index contributed by atoms with van der Waals surface area (Å²) in [6.07, 6.45) is 0. The molecule has 134 valence electrons. The molecular weight excluding hydrogens is 338 g/mol. The first-order chi connectivity index (χ1) is 11.8. The third kappa shape index (κ3) is 4.46. The minimum absolute atomic E-state index is 0.213. The van der Waals surface area contributed by atoms with E-state index in [1.807, 2.05) is 19.1 Å². The van der Waals surface area contributed by atoms with Crippen LogP contribution in [0.1, 0.15) is 29.7 Å². The van der Waals surface area contributed by atoms with Gasteiger partial charge in [-0.05, 0) is 36.6 Å². The molecule has 0 bridgehead atoms. The normalized spacial score (nSPS) is 13.9. The molecule has 0 radical (unpaired) electrons. The lowest BCUT2D eigenvalue weighted by molar-refractivity contribution is -0.145. The van der Waals surface area contributed by atoms with Gasteiger partial charge < -0.3 is 4.74 Å². The van der Waals surface area contributed by atoms with Gasteiger partial charge in [-0.2, -0.15) is 0 Å². The molecule has 2 aromatic rings. The minimum Gasteiger partial charge on any atom is -0.469 e. The van der Waals surface area contributed by atoms with Crippen molar-refractivity contribution in [2.24, 2.45) is 5.92 Å². The highest BCUT2D eigenvalue weighted by molar-refractivity contribution is 7.89. The molecule has 5 nitrogen and oxygen atoms in total. The number of nitrogens with one attached hydrogen (secondary N) is 1. The van der Waals surface area contributed by atoms with Crippen LogP contribution in [0, 0.1) is 19.8 Å². The van der Waals surface area contributed by atoms with Crippen LogP contribution in [-0.2, 0) is 19.6 Å². The molecule has 0 unspecified atom stereocenters. The second kappa shape index (κ2) is 7.80. The lowest BCUT2D eigenvalue weighted by Crippen LogP contribution is -2.36. The smallest absolute Gasteiger partial charge is 0.310 e. The van der Waals surface area contributed by atoms with Crippen molar-refractivity contribution < 1.29 is 17.9 Å². The highest BCUT2D eigenvalue weighted by atomic mass is 32.2. The molecule has 0 aliphatic carbocycles. The Kier molecular flexibility index (Phi) is 5.98. The number of aryl methyl sites for hydroxylation is 2. The molecular formula is C19H23NO4S. The summed E-state index contributed by atoms with van der Waals surface area (Å²) in [7, 11) is -2.51. The summed E-state index contributed by atoms with van der Waals surface area (Å²) in [5, 5.41) is 0. The van der Waals surface area contributed by atoms with Crippen molar-refractivity contribution >= 4 is 16.0 Å². The van der Waals surface area contributed by atoms with E-state index in [2.05, 4.69) is 4.72 Å². The second-order valence-electron chi connectivity index (χ2n) is 6.09. The molecule has 0 saturated heterocycles. The van der Waals surface area contributed by atoms with E-state index in [4.69, 9.17) is 4.74 Å². The summed E-state index contributed by atoms with van der Waals surface area (Å²) in [6, 6.07) is 13.6. The van der Waals surface area contributed by atoms with Crippen LogP contribution in [0.5, 0.6) is 0 Å². The van der Waals surface area contributed by atoms with Gasteiger partial charge >= 0.3 is 5.97 Å². The number of carbonyl (C=O) groups excluding carboxylic acids is 1. The van der Waals surface area contributed by atoms with Gasteiger partial charge in [0.05, 0.1) is 24.0 Å². The lowest BCUT2D eigenvalue weighted by atomic mass is 9.95. The zero-order valence-electron chi connectivity index (χ0n) is 14.8. The SMILES string of the molecule is COC(=O)[C@H](C)[C@H](NS(=O)(=O)c1cc(C)ccc1C)c1ccccc1. The summed E-state index contributed by atoms with van der Waals surface area (Å²) in [5.74, 6) is -1.15. The van der Waals surface area contributed by atoms with E-state index < -0.39 is 28.0 Å². The predicted octanol–water partition coefficient (Wildman–Crippen LogP) is 3.13. The standard InChI is InChI=1S/C19H23NO4S/c1-13-10-11-14(2)17(12-13)25(22,23)20-18(15(3)19(21)24-4)16-8-6-5-7-9-16/h5-12,15,18,20H,1-4H3/t15-,18+/m1/s1. The number of benzene rings is 2. The summed E-state index contributed by atoms with van der Waals surface area (Å²) in [5.41, 5.74) is 2.20. The summed E-state index contributed by atoms with van der Waals surface area (Å²) in [4.78, 5) is 12.2. The van der Waals surface area contributed by atoms with Crippen LogP contribution in [-0.4, -0.2) is 21.5 Å². The topological polar surface area (TPSA) is 72.5 Å². The van der Waals surface area contributed by atoms with Crippen molar-refractivity contribution in [2.45, 2.75) is 31.7 Å². The highest BCUT2D eigenvalue weighted by Gasteiger charge is 2.31. The van der Waals surface area contributed by atoms with Crippen molar-refractivity contribution in [3.05, 3.63) is 65.2 Å². The van der Waals surface area contributed by atoms with Gasteiger partial charge in [0.15, 0.2) is 0 Å². The number of hydrogen-bond acceptors (Lipinski definition) is 4. The Balaban J connectivity index is 2.45.